The number of aromatic amines is 1. The van der Waals surface area contributed by atoms with Crippen molar-refractivity contribution in [2.24, 2.45) is 0 Å². The number of carbonyl (C=O) groups is 1. The van der Waals surface area contributed by atoms with E-state index in [1.54, 1.807) is 0 Å². The van der Waals surface area contributed by atoms with E-state index < -0.39 is 29.1 Å². The van der Waals surface area contributed by atoms with Crippen LogP contribution in [-0.2, 0) is 9.53 Å². The molecule has 0 saturated heterocycles. The van der Waals surface area contributed by atoms with Gasteiger partial charge in [0, 0.05) is 17.8 Å². The van der Waals surface area contributed by atoms with Crippen LogP contribution in [0.15, 0.2) is 27.8 Å². The summed E-state index contributed by atoms with van der Waals surface area (Å²) in [5.41, 5.74) is -1.54. The molecule has 1 atom stereocenters. The van der Waals surface area contributed by atoms with Crippen molar-refractivity contribution in [3.63, 3.8) is 0 Å². The molecule has 0 spiro atoms. The third-order valence-electron chi connectivity index (χ3n) is 3.15. The number of hydrogen-bond donors (Lipinski definition) is 1. The predicted octanol–water partition coefficient (Wildman–Crippen LogP) is 1.57. The Balaban J connectivity index is 2.58. The SMILES string of the molecule is COC(=O)C(C)Oc1cc(-n2c(=O)cc(C)[nH]c2=O)c(F)cc1Cl. The number of benzene rings is 1. The van der Waals surface area contributed by atoms with E-state index in [2.05, 4.69) is 9.72 Å². The van der Waals surface area contributed by atoms with E-state index in [9.17, 15) is 18.8 Å². The van der Waals surface area contributed by atoms with Crippen molar-refractivity contribution in [2.45, 2.75) is 20.0 Å². The van der Waals surface area contributed by atoms with Gasteiger partial charge in [-0.1, -0.05) is 11.6 Å². The van der Waals surface area contributed by atoms with E-state index in [1.807, 2.05) is 0 Å². The molecule has 1 unspecified atom stereocenters. The van der Waals surface area contributed by atoms with E-state index in [-0.39, 0.29) is 16.5 Å². The van der Waals surface area contributed by atoms with E-state index in [0.717, 1.165) is 18.2 Å². The molecule has 0 aliphatic rings. The maximum atomic E-state index is 14.2. The highest BCUT2D eigenvalue weighted by atomic mass is 35.5. The second kappa shape index (κ2) is 6.88. The summed E-state index contributed by atoms with van der Waals surface area (Å²) < 4.78 is 24.6. The summed E-state index contributed by atoms with van der Waals surface area (Å²) in [6.07, 6.45) is -1.01. The van der Waals surface area contributed by atoms with Gasteiger partial charge in [-0.25, -0.2) is 18.5 Å². The lowest BCUT2D eigenvalue weighted by molar-refractivity contribution is -0.147. The summed E-state index contributed by atoms with van der Waals surface area (Å²) in [6.45, 7) is 2.94. The van der Waals surface area contributed by atoms with Crippen LogP contribution in [0, 0.1) is 12.7 Å². The lowest BCUT2D eigenvalue weighted by atomic mass is 10.2. The summed E-state index contributed by atoms with van der Waals surface area (Å²) in [4.78, 5) is 37.8. The van der Waals surface area contributed by atoms with Gasteiger partial charge in [0.15, 0.2) is 6.10 Å². The predicted molar refractivity (Wildman–Crippen MR) is 84.5 cm³/mol. The molecular formula is C15H14ClFN2O5. The van der Waals surface area contributed by atoms with Gasteiger partial charge in [-0.15, -0.1) is 0 Å². The molecule has 1 aromatic carbocycles. The van der Waals surface area contributed by atoms with Crippen LogP contribution in [0.25, 0.3) is 5.69 Å². The van der Waals surface area contributed by atoms with Crippen molar-refractivity contribution >= 4 is 17.6 Å². The van der Waals surface area contributed by atoms with Gasteiger partial charge >= 0.3 is 11.7 Å². The van der Waals surface area contributed by atoms with Gasteiger partial charge in [0.25, 0.3) is 5.56 Å². The fourth-order valence-corrected chi connectivity index (χ4v) is 2.22. The first-order chi connectivity index (χ1) is 11.2. The number of nitrogens with one attached hydrogen (secondary N) is 1. The van der Waals surface area contributed by atoms with Gasteiger partial charge in [0.1, 0.15) is 11.6 Å². The Labute approximate surface area is 140 Å². The Bertz CT molecular complexity index is 874. The molecule has 0 amide bonds. The summed E-state index contributed by atoms with van der Waals surface area (Å²) in [5, 5.41) is -0.122. The third kappa shape index (κ3) is 3.48. The molecule has 128 valence electrons. The Morgan fingerprint density at radius 2 is 2.00 bits per heavy atom. The number of hydrogen-bond acceptors (Lipinski definition) is 5. The van der Waals surface area contributed by atoms with Gasteiger partial charge in [-0.05, 0) is 19.9 Å². The molecule has 0 aliphatic heterocycles. The molecule has 9 heteroatoms. The molecule has 0 radical (unpaired) electrons. The van der Waals surface area contributed by atoms with Crippen LogP contribution in [0.4, 0.5) is 4.39 Å². The van der Waals surface area contributed by atoms with Crippen molar-refractivity contribution in [3.8, 4) is 11.4 Å². The second-order valence-corrected chi connectivity index (χ2v) is 5.36. The first-order valence-corrected chi connectivity index (χ1v) is 7.19. The van der Waals surface area contributed by atoms with Crippen LogP contribution < -0.4 is 16.0 Å². The molecule has 1 aromatic heterocycles. The molecular weight excluding hydrogens is 343 g/mol. The van der Waals surface area contributed by atoms with Crippen molar-refractivity contribution < 1.29 is 18.7 Å². The highest BCUT2D eigenvalue weighted by Gasteiger charge is 2.20. The molecule has 7 nitrogen and oxygen atoms in total. The molecule has 0 saturated carbocycles. The number of H-pyrrole nitrogens is 1. The van der Waals surface area contributed by atoms with Gasteiger partial charge in [-0.3, -0.25) is 4.79 Å². The zero-order chi connectivity index (χ0) is 18.0. The monoisotopic (exact) mass is 356 g/mol. The minimum Gasteiger partial charge on any atom is -0.477 e. The van der Waals surface area contributed by atoms with Crippen molar-refractivity contribution in [3.05, 3.63) is 55.6 Å². The number of ether oxygens (including phenoxy) is 2. The van der Waals surface area contributed by atoms with Crippen LogP contribution in [-0.4, -0.2) is 28.7 Å². The Kier molecular flexibility index (Phi) is 5.08. The number of methoxy groups -OCH3 is 1. The highest BCUT2D eigenvalue weighted by molar-refractivity contribution is 6.32. The maximum Gasteiger partial charge on any atom is 0.346 e. The standard InChI is InChI=1S/C15H14ClFN2O5/c1-7-4-13(20)19(15(22)18-7)11-6-12(9(16)5-10(11)17)24-8(2)14(21)23-3/h4-6,8H,1-3H3,(H,18,22). The van der Waals surface area contributed by atoms with Crippen LogP contribution in [0.3, 0.4) is 0 Å². The minimum absolute atomic E-state index is 0.0714. The number of carbonyl (C=O) groups excluding carboxylic acids is 1. The largest absolute Gasteiger partial charge is 0.477 e. The number of esters is 1. The second-order valence-electron chi connectivity index (χ2n) is 4.95. The Morgan fingerprint density at radius 3 is 2.58 bits per heavy atom. The number of rotatable bonds is 4. The van der Waals surface area contributed by atoms with Gasteiger partial charge < -0.3 is 14.5 Å². The molecule has 2 aromatic rings. The van der Waals surface area contributed by atoms with E-state index >= 15 is 0 Å². The zero-order valence-electron chi connectivity index (χ0n) is 13.1. The first kappa shape index (κ1) is 17.7. The normalized spacial score (nSPS) is 11.9. The number of aryl methyl sites for hydroxylation is 1. The number of halogens is 2. The average Bonchev–Trinajstić information content (AvgIpc) is 2.49. The van der Waals surface area contributed by atoms with Crippen LogP contribution in [0.5, 0.6) is 5.75 Å². The Morgan fingerprint density at radius 1 is 1.33 bits per heavy atom. The minimum atomic E-state index is -1.01. The summed E-state index contributed by atoms with van der Waals surface area (Å²) in [6, 6.07) is 3.11. The van der Waals surface area contributed by atoms with Crippen LogP contribution >= 0.6 is 11.6 Å². The molecule has 1 heterocycles. The molecule has 0 fully saturated rings. The topological polar surface area (TPSA) is 90.4 Å². The lowest BCUT2D eigenvalue weighted by Crippen LogP contribution is -2.34. The first-order valence-electron chi connectivity index (χ1n) is 6.81. The molecule has 0 aliphatic carbocycles. The smallest absolute Gasteiger partial charge is 0.346 e. The van der Waals surface area contributed by atoms with Crippen molar-refractivity contribution in [1.82, 2.24) is 9.55 Å². The van der Waals surface area contributed by atoms with Gasteiger partial charge in [-0.2, -0.15) is 0 Å². The maximum absolute atomic E-state index is 14.2. The fourth-order valence-electron chi connectivity index (χ4n) is 2.02. The molecule has 24 heavy (non-hydrogen) atoms. The Hall–Kier alpha value is -2.61. The van der Waals surface area contributed by atoms with Crippen LogP contribution in [0.1, 0.15) is 12.6 Å². The van der Waals surface area contributed by atoms with Gasteiger partial charge in [0.05, 0.1) is 17.8 Å². The summed E-state index contributed by atoms with van der Waals surface area (Å²) >= 11 is 5.90. The van der Waals surface area contributed by atoms with E-state index in [0.29, 0.717) is 10.3 Å². The number of nitrogens with zero attached hydrogens (tertiary/aromatic N) is 1. The summed E-state index contributed by atoms with van der Waals surface area (Å²) in [7, 11) is 1.19. The van der Waals surface area contributed by atoms with Crippen molar-refractivity contribution in [2.75, 3.05) is 7.11 Å². The van der Waals surface area contributed by atoms with Crippen molar-refractivity contribution in [1.29, 1.82) is 0 Å². The summed E-state index contributed by atoms with van der Waals surface area (Å²) in [5.74, 6) is -1.63. The number of aromatic nitrogens is 2. The highest BCUT2D eigenvalue weighted by Crippen LogP contribution is 2.29. The fraction of sp³-hybridized carbons (Fsp3) is 0.267. The van der Waals surface area contributed by atoms with Crippen LogP contribution in [0.2, 0.25) is 5.02 Å². The average molecular weight is 357 g/mol. The third-order valence-corrected chi connectivity index (χ3v) is 3.44. The quantitative estimate of drug-likeness (QED) is 0.840. The van der Waals surface area contributed by atoms with E-state index in [1.165, 1.54) is 21.0 Å². The molecule has 2 rings (SSSR count). The molecule has 1 N–H and O–H groups in total. The lowest BCUT2D eigenvalue weighted by Gasteiger charge is -2.15. The zero-order valence-corrected chi connectivity index (χ0v) is 13.8. The van der Waals surface area contributed by atoms with Gasteiger partial charge in [0.2, 0.25) is 0 Å². The molecule has 0 bridgehead atoms. The van der Waals surface area contributed by atoms with E-state index in [4.69, 9.17) is 16.3 Å².